The Morgan fingerprint density at radius 1 is 1.50 bits per heavy atom. The monoisotopic (exact) mass is 260 g/mol. The van der Waals surface area contributed by atoms with Crippen molar-refractivity contribution in [3.05, 3.63) is 21.7 Å². The van der Waals surface area contributed by atoms with Crippen LogP contribution in [0.3, 0.4) is 0 Å². The summed E-state index contributed by atoms with van der Waals surface area (Å²) < 4.78 is 23.3. The number of H-pyrrole nitrogens is 1. The van der Waals surface area contributed by atoms with E-state index in [1.54, 1.807) is 6.92 Å². The molecule has 1 aromatic rings. The Morgan fingerprint density at radius 3 is 2.44 bits per heavy atom. The molecule has 1 atom stereocenters. The highest BCUT2D eigenvalue weighted by molar-refractivity contribution is 7.90. The summed E-state index contributed by atoms with van der Waals surface area (Å²) in [5.41, 5.74) is 1.87. The molecule has 0 aliphatic heterocycles. The van der Waals surface area contributed by atoms with Crippen LogP contribution in [0.4, 0.5) is 0 Å². The first-order chi connectivity index (χ1) is 7.27. The molecule has 0 spiro atoms. The molecule has 0 saturated carbocycles. The molecular formula is C10H16N2O2S2. The van der Waals surface area contributed by atoms with E-state index in [4.69, 9.17) is 12.2 Å². The van der Waals surface area contributed by atoms with Gasteiger partial charge in [-0.15, -0.1) is 0 Å². The maximum Gasteiger partial charge on any atom is 0.157 e. The minimum atomic E-state index is -3.15. The number of nitrogens with one attached hydrogen (secondary N) is 1. The van der Waals surface area contributed by atoms with Gasteiger partial charge in [-0.3, -0.25) is 0 Å². The Bertz CT molecular complexity index is 546. The summed E-state index contributed by atoms with van der Waals surface area (Å²) in [5.74, 6) is 0.419. The van der Waals surface area contributed by atoms with Crippen LogP contribution in [0.5, 0.6) is 0 Å². The van der Waals surface area contributed by atoms with Crippen molar-refractivity contribution in [1.82, 2.24) is 9.97 Å². The van der Waals surface area contributed by atoms with Gasteiger partial charge in [0.05, 0.1) is 0 Å². The predicted molar refractivity (Wildman–Crippen MR) is 66.8 cm³/mol. The Hall–Kier alpha value is -0.750. The maximum atomic E-state index is 11.4. The van der Waals surface area contributed by atoms with Crippen LogP contribution in [-0.2, 0) is 16.3 Å². The number of aromatic nitrogens is 2. The number of hydrogen-bond acceptors (Lipinski definition) is 4. The summed E-state index contributed by atoms with van der Waals surface area (Å²) in [6.45, 7) is 5.48. The van der Waals surface area contributed by atoms with Gasteiger partial charge < -0.3 is 4.98 Å². The minimum Gasteiger partial charge on any atom is -0.346 e. The molecule has 1 heterocycles. The summed E-state index contributed by atoms with van der Waals surface area (Å²) in [7, 11) is -3.15. The molecule has 0 bridgehead atoms. The van der Waals surface area contributed by atoms with Gasteiger partial charge in [0, 0.05) is 17.5 Å². The number of aryl methyl sites for hydroxylation is 1. The Morgan fingerprint density at radius 2 is 2.06 bits per heavy atom. The van der Waals surface area contributed by atoms with Crippen LogP contribution >= 0.6 is 12.2 Å². The number of rotatable bonds is 3. The maximum absolute atomic E-state index is 11.4. The third kappa shape index (κ3) is 2.68. The lowest BCUT2D eigenvalue weighted by Gasteiger charge is -2.11. The second-order valence-corrected chi connectivity index (χ2v) is 6.61. The van der Waals surface area contributed by atoms with Crippen LogP contribution in [0.2, 0.25) is 0 Å². The second-order valence-electron chi connectivity index (χ2n) is 3.86. The zero-order chi connectivity index (χ0) is 12.5. The van der Waals surface area contributed by atoms with E-state index >= 15 is 0 Å². The van der Waals surface area contributed by atoms with E-state index in [9.17, 15) is 8.42 Å². The topological polar surface area (TPSA) is 62.8 Å². The lowest BCUT2D eigenvalue weighted by Crippen LogP contribution is -2.13. The predicted octanol–water partition coefficient (Wildman–Crippen LogP) is 2.12. The standard InChI is InChI=1S/C10H16N2O2S2/c1-5-8-6(2)11-9(12-10(8)15)7(3)16(4,13)14/h7H,5H2,1-4H3,(H,11,12,15). The molecule has 1 N–H and O–H groups in total. The minimum absolute atomic E-state index is 0.419. The number of hydrogen-bond donors (Lipinski definition) is 1. The van der Waals surface area contributed by atoms with Crippen molar-refractivity contribution in [2.75, 3.05) is 6.26 Å². The van der Waals surface area contributed by atoms with Gasteiger partial charge in [-0.05, 0) is 20.3 Å². The molecule has 0 radical (unpaired) electrons. The van der Waals surface area contributed by atoms with Crippen molar-refractivity contribution in [1.29, 1.82) is 0 Å². The molecule has 1 unspecified atom stereocenters. The van der Waals surface area contributed by atoms with Gasteiger partial charge in [0.1, 0.15) is 15.7 Å². The van der Waals surface area contributed by atoms with Crippen LogP contribution in [0, 0.1) is 11.6 Å². The molecule has 0 fully saturated rings. The van der Waals surface area contributed by atoms with Crippen LogP contribution in [0.25, 0.3) is 0 Å². The fourth-order valence-electron chi connectivity index (χ4n) is 1.44. The Labute approximate surface area is 101 Å². The van der Waals surface area contributed by atoms with Crippen molar-refractivity contribution in [2.45, 2.75) is 32.4 Å². The summed E-state index contributed by atoms with van der Waals surface area (Å²) in [6, 6.07) is 0. The van der Waals surface area contributed by atoms with Gasteiger partial charge in [0.15, 0.2) is 9.84 Å². The molecule has 0 aliphatic carbocycles. The Balaban J connectivity index is 3.35. The normalized spacial score (nSPS) is 13.8. The van der Waals surface area contributed by atoms with E-state index in [1.807, 2.05) is 13.8 Å². The van der Waals surface area contributed by atoms with Crippen molar-refractivity contribution >= 4 is 22.1 Å². The largest absolute Gasteiger partial charge is 0.346 e. The highest BCUT2D eigenvalue weighted by Gasteiger charge is 2.20. The average Bonchev–Trinajstić information content (AvgIpc) is 2.14. The zero-order valence-electron chi connectivity index (χ0n) is 9.86. The lowest BCUT2D eigenvalue weighted by molar-refractivity contribution is 0.588. The number of nitrogens with zero attached hydrogens (tertiary/aromatic N) is 1. The van der Waals surface area contributed by atoms with Gasteiger partial charge in [-0.25, -0.2) is 13.4 Å². The van der Waals surface area contributed by atoms with Crippen molar-refractivity contribution in [3.8, 4) is 0 Å². The van der Waals surface area contributed by atoms with Crippen LogP contribution in [-0.4, -0.2) is 24.6 Å². The van der Waals surface area contributed by atoms with Gasteiger partial charge in [0.25, 0.3) is 0 Å². The van der Waals surface area contributed by atoms with E-state index in [0.717, 1.165) is 17.7 Å². The molecule has 1 aromatic heterocycles. The molecule has 0 aromatic carbocycles. The number of aromatic amines is 1. The SMILES string of the molecule is CCc1c(C)[nH]c(C(C)S(C)(=O)=O)nc1=S. The molecule has 6 heteroatoms. The van der Waals surface area contributed by atoms with E-state index in [2.05, 4.69) is 9.97 Å². The summed E-state index contributed by atoms with van der Waals surface area (Å²) in [6.07, 6.45) is 1.99. The molecular weight excluding hydrogens is 244 g/mol. The van der Waals surface area contributed by atoms with Crippen LogP contribution < -0.4 is 0 Å². The molecule has 4 nitrogen and oxygen atoms in total. The molecule has 16 heavy (non-hydrogen) atoms. The molecule has 0 saturated heterocycles. The first-order valence-corrected chi connectivity index (χ1v) is 7.42. The van der Waals surface area contributed by atoms with E-state index in [-0.39, 0.29) is 0 Å². The first kappa shape index (κ1) is 13.3. The summed E-state index contributed by atoms with van der Waals surface area (Å²) >= 11 is 5.14. The van der Waals surface area contributed by atoms with Gasteiger partial charge in [0.2, 0.25) is 0 Å². The van der Waals surface area contributed by atoms with Crippen molar-refractivity contribution in [2.24, 2.45) is 0 Å². The number of sulfone groups is 1. The molecule has 90 valence electrons. The zero-order valence-corrected chi connectivity index (χ0v) is 11.5. The van der Waals surface area contributed by atoms with Crippen LogP contribution in [0.15, 0.2) is 0 Å². The second kappa shape index (κ2) is 4.63. The fraction of sp³-hybridized carbons (Fsp3) is 0.600. The van der Waals surface area contributed by atoms with Crippen molar-refractivity contribution in [3.63, 3.8) is 0 Å². The molecule has 0 amide bonds. The van der Waals surface area contributed by atoms with E-state index < -0.39 is 15.1 Å². The lowest BCUT2D eigenvalue weighted by atomic mass is 10.2. The highest BCUT2D eigenvalue weighted by atomic mass is 32.2. The fourth-order valence-corrected chi connectivity index (χ4v) is 2.36. The van der Waals surface area contributed by atoms with Gasteiger partial charge >= 0.3 is 0 Å². The third-order valence-electron chi connectivity index (χ3n) is 2.63. The van der Waals surface area contributed by atoms with Crippen LogP contribution in [0.1, 0.15) is 36.2 Å². The van der Waals surface area contributed by atoms with Gasteiger partial charge in [-0.1, -0.05) is 19.1 Å². The quantitative estimate of drug-likeness (QED) is 0.846. The third-order valence-corrected chi connectivity index (χ3v) is 4.47. The van der Waals surface area contributed by atoms with Crippen molar-refractivity contribution < 1.29 is 8.42 Å². The summed E-state index contributed by atoms with van der Waals surface area (Å²) in [4.78, 5) is 7.17. The first-order valence-electron chi connectivity index (χ1n) is 5.06. The average molecular weight is 260 g/mol. The molecule has 0 aliphatic rings. The molecule has 1 rings (SSSR count). The Kier molecular flexibility index (Phi) is 3.85. The van der Waals surface area contributed by atoms with E-state index in [1.165, 1.54) is 6.26 Å². The van der Waals surface area contributed by atoms with Gasteiger partial charge in [-0.2, -0.15) is 0 Å². The smallest absolute Gasteiger partial charge is 0.157 e. The highest BCUT2D eigenvalue weighted by Crippen LogP contribution is 2.18. The van der Waals surface area contributed by atoms with E-state index in [0.29, 0.717) is 10.5 Å². The summed E-state index contributed by atoms with van der Waals surface area (Å²) in [5, 5.41) is -0.654.